The molecule has 0 fully saturated rings. The summed E-state index contributed by atoms with van der Waals surface area (Å²) in [7, 11) is 0. The molecule has 0 unspecified atom stereocenters. The number of thiazole rings is 1. The van der Waals surface area contributed by atoms with Gasteiger partial charge in [-0.3, -0.25) is 14.0 Å². The van der Waals surface area contributed by atoms with Gasteiger partial charge < -0.3 is 4.74 Å². The lowest BCUT2D eigenvalue weighted by Crippen LogP contribution is -2.15. The topological polar surface area (TPSA) is 60.7 Å². The van der Waals surface area contributed by atoms with Gasteiger partial charge in [-0.1, -0.05) is 17.7 Å². The van der Waals surface area contributed by atoms with Crippen LogP contribution in [0.25, 0.3) is 4.96 Å². The molecule has 0 N–H and O–H groups in total. The number of ether oxygens (including phenoxy) is 1. The highest BCUT2D eigenvalue weighted by Gasteiger charge is 2.09. The number of benzene rings is 1. The zero-order valence-corrected chi connectivity index (χ0v) is 14.9. The molecule has 3 rings (SSSR count). The number of fused-ring (bicyclic) bond motifs is 1. The lowest BCUT2D eigenvalue weighted by Gasteiger charge is -2.07. The van der Waals surface area contributed by atoms with E-state index in [1.807, 2.05) is 26.0 Å². The standard InChI is InChI=1S/C17H16N2O3S2/c1-11-3-4-14(12(2)7-11)24-10-16(21)22-9-13-8-15(20)19-5-6-23-17(19)18-13/h3-8H,9-10H2,1-2H3. The van der Waals surface area contributed by atoms with Crippen molar-refractivity contribution in [3.05, 3.63) is 63.0 Å². The summed E-state index contributed by atoms with van der Waals surface area (Å²) < 4.78 is 6.69. The summed E-state index contributed by atoms with van der Waals surface area (Å²) in [4.78, 5) is 29.7. The molecule has 2 heterocycles. The van der Waals surface area contributed by atoms with Crippen LogP contribution in [0.5, 0.6) is 0 Å². The third-order valence-corrected chi connectivity index (χ3v) is 5.32. The summed E-state index contributed by atoms with van der Waals surface area (Å²) in [6, 6.07) is 7.51. The Hall–Kier alpha value is -2.12. The molecule has 0 saturated heterocycles. The van der Waals surface area contributed by atoms with E-state index in [-0.39, 0.29) is 23.9 Å². The molecule has 3 aromatic rings. The van der Waals surface area contributed by atoms with E-state index in [1.54, 1.807) is 11.6 Å². The summed E-state index contributed by atoms with van der Waals surface area (Å²) in [5.74, 6) is -0.0995. The minimum Gasteiger partial charge on any atom is -0.459 e. The van der Waals surface area contributed by atoms with Crippen molar-refractivity contribution < 1.29 is 9.53 Å². The molecule has 7 heteroatoms. The van der Waals surface area contributed by atoms with Gasteiger partial charge in [0.05, 0.1) is 11.4 Å². The maximum absolute atomic E-state index is 11.9. The highest BCUT2D eigenvalue weighted by Crippen LogP contribution is 2.23. The highest BCUT2D eigenvalue weighted by atomic mass is 32.2. The molecule has 24 heavy (non-hydrogen) atoms. The maximum atomic E-state index is 11.9. The van der Waals surface area contributed by atoms with E-state index in [2.05, 4.69) is 11.1 Å². The van der Waals surface area contributed by atoms with E-state index in [4.69, 9.17) is 4.74 Å². The van der Waals surface area contributed by atoms with Crippen LogP contribution in [0, 0.1) is 13.8 Å². The first-order valence-corrected chi connectivity index (χ1v) is 9.21. The van der Waals surface area contributed by atoms with Gasteiger partial charge in [-0.25, -0.2) is 4.98 Å². The molecule has 0 spiro atoms. The summed E-state index contributed by atoms with van der Waals surface area (Å²) in [5.41, 5.74) is 2.63. The second kappa shape index (κ2) is 7.19. The normalized spacial score (nSPS) is 10.9. The number of hydrogen-bond acceptors (Lipinski definition) is 6. The Morgan fingerprint density at radius 3 is 2.96 bits per heavy atom. The second-order valence-corrected chi connectivity index (χ2v) is 7.25. The van der Waals surface area contributed by atoms with Crippen LogP contribution in [0.15, 0.2) is 45.5 Å². The van der Waals surface area contributed by atoms with Gasteiger partial charge in [0.25, 0.3) is 5.56 Å². The Morgan fingerprint density at radius 1 is 1.33 bits per heavy atom. The lowest BCUT2D eigenvalue weighted by atomic mass is 10.2. The third kappa shape index (κ3) is 3.85. The van der Waals surface area contributed by atoms with Gasteiger partial charge in [0.1, 0.15) is 6.61 Å². The van der Waals surface area contributed by atoms with Crippen molar-refractivity contribution in [2.75, 3.05) is 5.75 Å². The molecule has 1 aromatic carbocycles. The quantitative estimate of drug-likeness (QED) is 0.516. The molecular weight excluding hydrogens is 344 g/mol. The molecule has 0 radical (unpaired) electrons. The van der Waals surface area contributed by atoms with E-state index in [0.29, 0.717) is 10.7 Å². The summed E-state index contributed by atoms with van der Waals surface area (Å²) in [6.45, 7) is 4.07. The summed E-state index contributed by atoms with van der Waals surface area (Å²) in [5, 5.41) is 1.79. The van der Waals surface area contributed by atoms with E-state index >= 15 is 0 Å². The Morgan fingerprint density at radius 2 is 2.17 bits per heavy atom. The van der Waals surface area contributed by atoms with Crippen LogP contribution >= 0.6 is 23.1 Å². The van der Waals surface area contributed by atoms with E-state index in [0.717, 1.165) is 10.5 Å². The number of aryl methyl sites for hydroxylation is 2. The Kier molecular flexibility index (Phi) is 5.01. The average Bonchev–Trinajstić information content (AvgIpc) is 3.01. The molecule has 0 aliphatic rings. The van der Waals surface area contributed by atoms with Crippen LogP contribution in [0.1, 0.15) is 16.8 Å². The van der Waals surface area contributed by atoms with Crippen molar-refractivity contribution in [2.24, 2.45) is 0 Å². The largest absolute Gasteiger partial charge is 0.459 e. The average molecular weight is 360 g/mol. The number of rotatable bonds is 5. The Labute approximate surface area is 147 Å². The van der Waals surface area contributed by atoms with Gasteiger partial charge in [0.2, 0.25) is 0 Å². The number of thioether (sulfide) groups is 1. The van der Waals surface area contributed by atoms with E-state index < -0.39 is 0 Å². The minimum atomic E-state index is -0.326. The fraction of sp³-hybridized carbons (Fsp3) is 0.235. The van der Waals surface area contributed by atoms with Crippen LogP contribution in [0.3, 0.4) is 0 Å². The van der Waals surface area contributed by atoms with Crippen molar-refractivity contribution in [3.63, 3.8) is 0 Å². The lowest BCUT2D eigenvalue weighted by molar-refractivity contribution is -0.141. The van der Waals surface area contributed by atoms with Gasteiger partial charge in [-0.05, 0) is 25.5 Å². The SMILES string of the molecule is Cc1ccc(SCC(=O)OCc2cc(=O)n3ccsc3n2)c(C)c1. The fourth-order valence-corrected chi connectivity index (χ4v) is 3.80. The van der Waals surface area contributed by atoms with Crippen molar-refractivity contribution in [2.45, 2.75) is 25.3 Å². The molecule has 2 aromatic heterocycles. The van der Waals surface area contributed by atoms with E-state index in [1.165, 1.54) is 39.1 Å². The van der Waals surface area contributed by atoms with Crippen molar-refractivity contribution in [1.29, 1.82) is 0 Å². The molecule has 124 valence electrons. The van der Waals surface area contributed by atoms with Gasteiger partial charge in [0, 0.05) is 22.5 Å². The van der Waals surface area contributed by atoms with Crippen LogP contribution in [-0.4, -0.2) is 21.1 Å². The Balaban J connectivity index is 1.57. The molecule has 0 atom stereocenters. The van der Waals surface area contributed by atoms with Crippen LogP contribution < -0.4 is 5.56 Å². The monoisotopic (exact) mass is 360 g/mol. The number of esters is 1. The molecule has 0 amide bonds. The predicted octanol–water partition coefficient (Wildman–Crippen LogP) is 3.21. The number of nitrogens with zero attached hydrogens (tertiary/aromatic N) is 2. The minimum absolute atomic E-state index is 0.00983. The summed E-state index contributed by atoms with van der Waals surface area (Å²) >= 11 is 2.81. The summed E-state index contributed by atoms with van der Waals surface area (Å²) in [6.07, 6.45) is 1.67. The van der Waals surface area contributed by atoms with Crippen LogP contribution in [-0.2, 0) is 16.1 Å². The van der Waals surface area contributed by atoms with Crippen molar-refractivity contribution in [3.8, 4) is 0 Å². The Bertz CT molecular complexity index is 946. The second-order valence-electron chi connectivity index (χ2n) is 5.36. The first kappa shape index (κ1) is 16.7. The molecule has 0 saturated carbocycles. The molecule has 0 bridgehead atoms. The van der Waals surface area contributed by atoms with Crippen LogP contribution in [0.4, 0.5) is 0 Å². The number of carbonyl (C=O) groups excluding carboxylic acids is 1. The predicted molar refractivity (Wildman–Crippen MR) is 95.8 cm³/mol. The molecule has 0 aliphatic heterocycles. The number of carbonyl (C=O) groups is 1. The first-order valence-electron chi connectivity index (χ1n) is 7.34. The first-order chi connectivity index (χ1) is 11.5. The van der Waals surface area contributed by atoms with Gasteiger partial charge in [-0.15, -0.1) is 23.1 Å². The van der Waals surface area contributed by atoms with Gasteiger partial charge in [0.15, 0.2) is 4.96 Å². The van der Waals surface area contributed by atoms with Crippen molar-refractivity contribution >= 4 is 34.0 Å². The molecular formula is C17H16N2O3S2. The van der Waals surface area contributed by atoms with E-state index in [9.17, 15) is 9.59 Å². The maximum Gasteiger partial charge on any atom is 0.316 e. The highest BCUT2D eigenvalue weighted by molar-refractivity contribution is 8.00. The molecule has 0 aliphatic carbocycles. The molecule has 5 nitrogen and oxygen atoms in total. The number of aromatic nitrogens is 2. The zero-order valence-electron chi connectivity index (χ0n) is 13.3. The zero-order chi connectivity index (χ0) is 17.1. The van der Waals surface area contributed by atoms with Crippen molar-refractivity contribution in [1.82, 2.24) is 9.38 Å². The van der Waals surface area contributed by atoms with Gasteiger partial charge >= 0.3 is 5.97 Å². The third-order valence-electron chi connectivity index (χ3n) is 3.41. The van der Waals surface area contributed by atoms with Gasteiger partial charge in [-0.2, -0.15) is 0 Å². The number of hydrogen-bond donors (Lipinski definition) is 0. The smallest absolute Gasteiger partial charge is 0.316 e. The van der Waals surface area contributed by atoms with Crippen LogP contribution in [0.2, 0.25) is 0 Å². The fourth-order valence-electron chi connectivity index (χ4n) is 2.26.